The molecule has 0 radical (unpaired) electrons. The van der Waals surface area contributed by atoms with E-state index in [0.29, 0.717) is 0 Å². The number of carbonyl (C=O) groups is 1. The van der Waals surface area contributed by atoms with Gasteiger partial charge in [-0.15, -0.1) is 0 Å². The number of carbonyl (C=O) groups excluding carboxylic acids is 1. The van der Waals surface area contributed by atoms with Crippen LogP contribution in [0.1, 0.15) is 6.92 Å². The molecule has 2 N–H and O–H groups in total. The zero-order valence-electron chi connectivity index (χ0n) is 4.18. The topological polar surface area (TPSA) is 66.2 Å². The van der Waals surface area contributed by atoms with Gasteiger partial charge in [0.25, 0.3) is 0 Å². The van der Waals surface area contributed by atoms with Gasteiger partial charge in [-0.05, 0) is 0 Å². The number of carboxylic acid groups (broad SMARTS) is 1. The highest BCUT2D eigenvalue weighted by atomic mass is 16.4. The molecule has 0 saturated carbocycles. The van der Waals surface area contributed by atoms with E-state index in [1.54, 1.807) is 0 Å². The van der Waals surface area contributed by atoms with Gasteiger partial charge in [0.1, 0.15) is 0 Å². The first kappa shape index (κ1) is 6.43. The Morgan fingerprint density at radius 2 is 2.43 bits per heavy atom. The minimum atomic E-state index is -1.08. The van der Waals surface area contributed by atoms with Gasteiger partial charge in [0.2, 0.25) is 0 Å². The first-order valence-electron chi connectivity index (χ1n) is 2.09. The van der Waals surface area contributed by atoms with E-state index in [-0.39, 0.29) is 6.54 Å². The smallest absolute Gasteiger partial charge is 0.0455 e. The van der Waals surface area contributed by atoms with Crippen LogP contribution in [0.25, 0.3) is 0 Å². The molecule has 0 fully saturated rings. The Balaban J connectivity index is 3.34. The Hall–Kier alpha value is -0.570. The first-order valence-corrected chi connectivity index (χ1v) is 2.09. The van der Waals surface area contributed by atoms with E-state index in [9.17, 15) is 9.90 Å². The van der Waals surface area contributed by atoms with Crippen LogP contribution in [0.4, 0.5) is 0 Å². The van der Waals surface area contributed by atoms with Crippen molar-refractivity contribution in [3.05, 3.63) is 0 Å². The molecule has 42 valence electrons. The van der Waals surface area contributed by atoms with Crippen LogP contribution in [0.3, 0.4) is 0 Å². The summed E-state index contributed by atoms with van der Waals surface area (Å²) in [5, 5.41) is 9.74. The molecule has 0 spiro atoms. The van der Waals surface area contributed by atoms with Gasteiger partial charge >= 0.3 is 0 Å². The second-order valence-electron chi connectivity index (χ2n) is 1.46. The fourth-order valence-electron chi connectivity index (χ4n) is 0.0962. The third-order valence-electron chi connectivity index (χ3n) is 0.756. The zero-order valence-corrected chi connectivity index (χ0v) is 4.18. The molecule has 3 heteroatoms. The minimum absolute atomic E-state index is 0.155. The molecule has 0 aliphatic rings. The summed E-state index contributed by atoms with van der Waals surface area (Å²) in [5.74, 6) is -1.59. The van der Waals surface area contributed by atoms with Crippen LogP contribution in [-0.4, -0.2) is 12.5 Å². The third-order valence-corrected chi connectivity index (χ3v) is 0.756. The maximum atomic E-state index is 9.74. The molecule has 7 heavy (non-hydrogen) atoms. The third kappa shape index (κ3) is 2.17. The lowest BCUT2D eigenvalue weighted by Gasteiger charge is -2.06. The summed E-state index contributed by atoms with van der Waals surface area (Å²) in [6.45, 7) is 1.66. The van der Waals surface area contributed by atoms with Crippen molar-refractivity contribution in [3.8, 4) is 0 Å². The highest BCUT2D eigenvalue weighted by Gasteiger charge is 1.95. The van der Waals surface area contributed by atoms with Gasteiger partial charge in [-0.1, -0.05) is 6.92 Å². The van der Waals surface area contributed by atoms with E-state index in [2.05, 4.69) is 0 Å². The van der Waals surface area contributed by atoms with Crippen molar-refractivity contribution in [1.29, 1.82) is 0 Å². The molecule has 1 unspecified atom stereocenters. The van der Waals surface area contributed by atoms with E-state index in [4.69, 9.17) is 5.73 Å². The molecule has 3 nitrogen and oxygen atoms in total. The Morgan fingerprint density at radius 3 is 2.43 bits per heavy atom. The molecule has 0 bridgehead atoms. The molecule has 0 aromatic carbocycles. The predicted octanol–water partition coefficient (Wildman–Crippen LogP) is -1.67. The Bertz CT molecular complexity index is 72.1. The van der Waals surface area contributed by atoms with Crippen molar-refractivity contribution in [2.45, 2.75) is 6.92 Å². The summed E-state index contributed by atoms with van der Waals surface area (Å²) in [7, 11) is 0. The van der Waals surface area contributed by atoms with Crippen LogP contribution in [0.2, 0.25) is 0 Å². The van der Waals surface area contributed by atoms with Gasteiger partial charge in [-0.3, -0.25) is 0 Å². The lowest BCUT2D eigenvalue weighted by molar-refractivity contribution is -0.310. The van der Waals surface area contributed by atoms with E-state index in [1.165, 1.54) is 6.92 Å². The molecule has 1 atom stereocenters. The maximum absolute atomic E-state index is 9.74. The average molecular weight is 102 g/mol. The van der Waals surface area contributed by atoms with Gasteiger partial charge in [-0.2, -0.15) is 0 Å². The zero-order chi connectivity index (χ0) is 5.86. The highest BCUT2D eigenvalue weighted by Crippen LogP contribution is 1.84. The fraction of sp³-hybridized carbons (Fsp3) is 0.750. The molecule has 0 aromatic heterocycles. The van der Waals surface area contributed by atoms with Crippen molar-refractivity contribution in [2.24, 2.45) is 11.7 Å². The molecule has 0 saturated heterocycles. The van der Waals surface area contributed by atoms with Gasteiger partial charge in [0.15, 0.2) is 0 Å². The molecular formula is C4H8NO2-. The Morgan fingerprint density at radius 1 is 2.00 bits per heavy atom. The summed E-state index contributed by atoms with van der Waals surface area (Å²) in [5.41, 5.74) is 4.95. The van der Waals surface area contributed by atoms with Crippen molar-refractivity contribution < 1.29 is 9.90 Å². The van der Waals surface area contributed by atoms with Crippen LogP contribution in [0, 0.1) is 5.92 Å². The molecule has 0 aliphatic carbocycles. The number of hydrogen-bond acceptors (Lipinski definition) is 3. The lowest BCUT2D eigenvalue weighted by Crippen LogP contribution is -2.33. The molecule has 0 rings (SSSR count). The first-order chi connectivity index (χ1) is 3.18. The minimum Gasteiger partial charge on any atom is -0.550 e. The van der Waals surface area contributed by atoms with Crippen molar-refractivity contribution in [3.63, 3.8) is 0 Å². The largest absolute Gasteiger partial charge is 0.550 e. The van der Waals surface area contributed by atoms with E-state index in [0.717, 1.165) is 0 Å². The second-order valence-corrected chi connectivity index (χ2v) is 1.46. The SMILES string of the molecule is CC(CN)C(=O)[O-]. The van der Waals surface area contributed by atoms with Crippen LogP contribution in [0.15, 0.2) is 0 Å². The van der Waals surface area contributed by atoms with Gasteiger partial charge in [0.05, 0.1) is 0 Å². The molecule has 0 heterocycles. The molecule has 0 amide bonds. The summed E-state index contributed by atoms with van der Waals surface area (Å²) in [4.78, 5) is 9.74. The number of carboxylic acids is 1. The number of hydrogen-bond donors (Lipinski definition) is 1. The Labute approximate surface area is 42.1 Å². The van der Waals surface area contributed by atoms with Crippen LogP contribution in [-0.2, 0) is 4.79 Å². The molecule has 0 aromatic rings. The van der Waals surface area contributed by atoms with Crippen LogP contribution in [0.5, 0.6) is 0 Å². The average Bonchev–Trinajstić information content (AvgIpc) is 1.65. The van der Waals surface area contributed by atoms with Crippen molar-refractivity contribution >= 4 is 5.97 Å². The van der Waals surface area contributed by atoms with E-state index in [1.807, 2.05) is 0 Å². The summed E-state index contributed by atoms with van der Waals surface area (Å²) in [6, 6.07) is 0. The monoisotopic (exact) mass is 102 g/mol. The predicted molar refractivity (Wildman–Crippen MR) is 23.2 cm³/mol. The van der Waals surface area contributed by atoms with Crippen molar-refractivity contribution in [2.75, 3.05) is 6.54 Å². The number of nitrogens with two attached hydrogens (primary N) is 1. The van der Waals surface area contributed by atoms with Gasteiger partial charge in [-0.25, -0.2) is 0 Å². The van der Waals surface area contributed by atoms with E-state index >= 15 is 0 Å². The summed E-state index contributed by atoms with van der Waals surface area (Å²) >= 11 is 0. The number of aliphatic carboxylic acids is 1. The normalized spacial score (nSPS) is 13.4. The molecule has 0 aliphatic heterocycles. The number of rotatable bonds is 2. The summed E-state index contributed by atoms with van der Waals surface area (Å²) in [6.07, 6.45) is 0. The molecular weight excluding hydrogens is 94.0 g/mol. The standard InChI is InChI=1S/C4H9NO2/c1-3(2-5)4(6)7/h3H,2,5H2,1H3,(H,6,7)/p-1. The second kappa shape index (κ2) is 2.58. The highest BCUT2D eigenvalue weighted by molar-refractivity contribution is 5.67. The van der Waals surface area contributed by atoms with Gasteiger partial charge in [0, 0.05) is 18.4 Å². The quantitative estimate of drug-likeness (QED) is 0.453. The summed E-state index contributed by atoms with van der Waals surface area (Å²) < 4.78 is 0. The van der Waals surface area contributed by atoms with Crippen LogP contribution < -0.4 is 10.8 Å². The van der Waals surface area contributed by atoms with Gasteiger partial charge < -0.3 is 15.6 Å². The van der Waals surface area contributed by atoms with Crippen molar-refractivity contribution in [1.82, 2.24) is 0 Å². The lowest BCUT2D eigenvalue weighted by atomic mass is 10.2. The Kier molecular flexibility index (Phi) is 2.37. The maximum Gasteiger partial charge on any atom is 0.0455 e. The van der Waals surface area contributed by atoms with Crippen LogP contribution >= 0.6 is 0 Å². The van der Waals surface area contributed by atoms with E-state index < -0.39 is 11.9 Å². The fourth-order valence-corrected chi connectivity index (χ4v) is 0.0962.